The third kappa shape index (κ3) is 1.69. The van der Waals surface area contributed by atoms with Crippen LogP contribution in [0, 0.1) is 5.92 Å². The van der Waals surface area contributed by atoms with Crippen molar-refractivity contribution in [1.82, 2.24) is 9.78 Å². The maximum absolute atomic E-state index is 4.22. The van der Waals surface area contributed by atoms with Gasteiger partial charge in [-0.1, -0.05) is 6.92 Å². The van der Waals surface area contributed by atoms with Crippen LogP contribution < -0.4 is 5.32 Å². The molecule has 0 atom stereocenters. The monoisotopic (exact) mass is 179 g/mol. The lowest BCUT2D eigenvalue weighted by molar-refractivity contribution is 0.307. The third-order valence-electron chi connectivity index (χ3n) is 2.74. The zero-order chi connectivity index (χ0) is 9.26. The first kappa shape index (κ1) is 8.60. The van der Waals surface area contributed by atoms with Gasteiger partial charge in [0.25, 0.3) is 0 Å². The number of nitrogens with zero attached hydrogens (tertiary/aromatic N) is 2. The van der Waals surface area contributed by atoms with Gasteiger partial charge in [0.1, 0.15) is 5.82 Å². The van der Waals surface area contributed by atoms with Gasteiger partial charge in [0, 0.05) is 18.7 Å². The number of hydrogen-bond donors (Lipinski definition) is 1. The molecule has 0 unspecified atom stereocenters. The molecule has 0 aliphatic heterocycles. The number of aromatic nitrogens is 2. The van der Waals surface area contributed by atoms with Crippen LogP contribution >= 0.6 is 0 Å². The van der Waals surface area contributed by atoms with Crippen molar-refractivity contribution in [3.8, 4) is 0 Å². The van der Waals surface area contributed by atoms with Gasteiger partial charge in [-0.25, -0.2) is 0 Å². The smallest absolute Gasteiger partial charge is 0.124 e. The molecule has 1 aromatic heterocycles. The molecule has 1 heterocycles. The van der Waals surface area contributed by atoms with E-state index in [1.54, 1.807) is 0 Å². The minimum absolute atomic E-state index is 0.678. The Morgan fingerprint density at radius 3 is 3.00 bits per heavy atom. The van der Waals surface area contributed by atoms with Crippen LogP contribution in [0.5, 0.6) is 0 Å². The fourth-order valence-corrected chi connectivity index (χ4v) is 1.94. The Morgan fingerprint density at radius 1 is 1.62 bits per heavy atom. The van der Waals surface area contributed by atoms with Gasteiger partial charge < -0.3 is 5.32 Å². The Morgan fingerprint density at radius 2 is 2.38 bits per heavy atom. The number of anilines is 1. The van der Waals surface area contributed by atoms with Crippen molar-refractivity contribution in [2.24, 2.45) is 5.92 Å². The molecule has 3 heteroatoms. The Balaban J connectivity index is 1.94. The van der Waals surface area contributed by atoms with Gasteiger partial charge in [-0.2, -0.15) is 5.10 Å². The molecule has 1 N–H and O–H groups in total. The fourth-order valence-electron chi connectivity index (χ4n) is 1.94. The lowest BCUT2D eigenvalue weighted by Gasteiger charge is -2.33. The van der Waals surface area contributed by atoms with Gasteiger partial charge in [0.05, 0.1) is 6.20 Å². The quantitative estimate of drug-likeness (QED) is 0.770. The van der Waals surface area contributed by atoms with Crippen LogP contribution in [0.1, 0.15) is 26.7 Å². The maximum Gasteiger partial charge on any atom is 0.124 e. The maximum atomic E-state index is 4.22. The molecule has 3 nitrogen and oxygen atoms in total. The van der Waals surface area contributed by atoms with E-state index >= 15 is 0 Å². The van der Waals surface area contributed by atoms with Crippen LogP contribution in [-0.4, -0.2) is 15.8 Å². The highest BCUT2D eigenvalue weighted by atomic mass is 15.3. The highest BCUT2D eigenvalue weighted by Gasteiger charge is 2.25. The molecule has 0 spiro atoms. The van der Waals surface area contributed by atoms with Gasteiger partial charge in [0.15, 0.2) is 0 Å². The van der Waals surface area contributed by atoms with Gasteiger partial charge in [0.2, 0.25) is 0 Å². The summed E-state index contributed by atoms with van der Waals surface area (Å²) in [6, 6.07) is 2.73. The van der Waals surface area contributed by atoms with Crippen LogP contribution in [0.4, 0.5) is 5.82 Å². The largest absolute Gasteiger partial charge is 0.368 e. The molecule has 1 fully saturated rings. The minimum Gasteiger partial charge on any atom is -0.368 e. The van der Waals surface area contributed by atoms with Gasteiger partial charge in [-0.05, 0) is 25.7 Å². The van der Waals surface area contributed by atoms with Crippen molar-refractivity contribution in [2.75, 3.05) is 5.32 Å². The Labute approximate surface area is 79.1 Å². The molecule has 1 saturated carbocycles. The van der Waals surface area contributed by atoms with E-state index < -0.39 is 0 Å². The van der Waals surface area contributed by atoms with Crippen molar-refractivity contribution in [1.29, 1.82) is 0 Å². The molecule has 72 valence electrons. The van der Waals surface area contributed by atoms with E-state index in [9.17, 15) is 0 Å². The summed E-state index contributed by atoms with van der Waals surface area (Å²) < 4.78 is 2.00. The topological polar surface area (TPSA) is 29.9 Å². The Kier molecular flexibility index (Phi) is 2.25. The zero-order valence-corrected chi connectivity index (χ0v) is 8.33. The van der Waals surface area contributed by atoms with Crippen LogP contribution in [0.2, 0.25) is 0 Å². The fraction of sp³-hybridized carbons (Fsp3) is 0.700. The third-order valence-corrected chi connectivity index (χ3v) is 2.74. The van der Waals surface area contributed by atoms with Crippen molar-refractivity contribution >= 4 is 5.82 Å². The summed E-state index contributed by atoms with van der Waals surface area (Å²) in [5.41, 5.74) is 0. The molecule has 1 aliphatic rings. The molecule has 0 aromatic carbocycles. The van der Waals surface area contributed by atoms with E-state index in [0.29, 0.717) is 6.04 Å². The summed E-state index contributed by atoms with van der Waals surface area (Å²) in [4.78, 5) is 0. The normalized spacial score (nSPS) is 26.9. The van der Waals surface area contributed by atoms with Crippen molar-refractivity contribution < 1.29 is 0 Å². The van der Waals surface area contributed by atoms with E-state index in [4.69, 9.17) is 0 Å². The van der Waals surface area contributed by atoms with Crippen LogP contribution in [-0.2, 0) is 6.54 Å². The standard InChI is InChI=1S/C10H17N3/c1-3-13-10(4-5-11-13)12-9-6-8(2)7-9/h4-5,8-9,12H,3,6-7H2,1-2H3. The van der Waals surface area contributed by atoms with E-state index in [2.05, 4.69) is 24.3 Å². The predicted octanol–water partition coefficient (Wildman–Crippen LogP) is 2.11. The summed E-state index contributed by atoms with van der Waals surface area (Å²) >= 11 is 0. The SMILES string of the molecule is CCn1nccc1NC1CC(C)C1. The average molecular weight is 179 g/mol. The van der Waals surface area contributed by atoms with E-state index in [-0.39, 0.29) is 0 Å². The predicted molar refractivity (Wildman–Crippen MR) is 53.7 cm³/mol. The molecule has 0 radical (unpaired) electrons. The molecule has 0 bridgehead atoms. The summed E-state index contributed by atoms with van der Waals surface area (Å²) in [6.45, 7) is 5.36. The highest BCUT2D eigenvalue weighted by molar-refractivity contribution is 5.35. The van der Waals surface area contributed by atoms with E-state index in [1.165, 1.54) is 18.7 Å². The second-order valence-electron chi connectivity index (χ2n) is 3.95. The van der Waals surface area contributed by atoms with Crippen molar-refractivity contribution in [3.05, 3.63) is 12.3 Å². The second-order valence-corrected chi connectivity index (χ2v) is 3.95. The van der Waals surface area contributed by atoms with Gasteiger partial charge in [-0.3, -0.25) is 4.68 Å². The first-order valence-corrected chi connectivity index (χ1v) is 5.08. The molecule has 1 aliphatic carbocycles. The van der Waals surface area contributed by atoms with E-state index in [1.807, 2.05) is 16.9 Å². The first-order chi connectivity index (χ1) is 6.29. The number of nitrogens with one attached hydrogen (secondary N) is 1. The summed E-state index contributed by atoms with van der Waals surface area (Å²) in [5, 5.41) is 7.73. The lowest BCUT2D eigenvalue weighted by atomic mass is 9.82. The summed E-state index contributed by atoms with van der Waals surface area (Å²) in [7, 11) is 0. The molecular formula is C10H17N3. The highest BCUT2D eigenvalue weighted by Crippen LogP contribution is 2.29. The molecule has 0 saturated heterocycles. The average Bonchev–Trinajstić information content (AvgIpc) is 2.49. The minimum atomic E-state index is 0.678. The molecule has 1 aromatic rings. The van der Waals surface area contributed by atoms with Crippen molar-refractivity contribution in [3.63, 3.8) is 0 Å². The molecule has 0 amide bonds. The Hall–Kier alpha value is -0.990. The first-order valence-electron chi connectivity index (χ1n) is 5.08. The summed E-state index contributed by atoms with van der Waals surface area (Å²) in [5.74, 6) is 2.06. The van der Waals surface area contributed by atoms with Crippen molar-refractivity contribution in [2.45, 2.75) is 39.3 Å². The summed E-state index contributed by atoms with van der Waals surface area (Å²) in [6.07, 6.45) is 4.46. The van der Waals surface area contributed by atoms with Crippen LogP contribution in [0.25, 0.3) is 0 Å². The zero-order valence-electron chi connectivity index (χ0n) is 8.33. The molecule has 13 heavy (non-hydrogen) atoms. The number of hydrogen-bond acceptors (Lipinski definition) is 2. The molecular weight excluding hydrogens is 162 g/mol. The number of rotatable bonds is 3. The van der Waals surface area contributed by atoms with Crippen LogP contribution in [0.3, 0.4) is 0 Å². The number of aryl methyl sites for hydroxylation is 1. The second kappa shape index (κ2) is 3.40. The Bertz CT molecular complexity index is 273. The molecule has 2 rings (SSSR count). The van der Waals surface area contributed by atoms with E-state index in [0.717, 1.165) is 12.5 Å². The van der Waals surface area contributed by atoms with Crippen LogP contribution in [0.15, 0.2) is 12.3 Å². The lowest BCUT2D eigenvalue weighted by Crippen LogP contribution is -2.34. The van der Waals surface area contributed by atoms with Gasteiger partial charge >= 0.3 is 0 Å². The van der Waals surface area contributed by atoms with Gasteiger partial charge in [-0.15, -0.1) is 0 Å².